The monoisotopic (exact) mass is 265 g/mol. The van der Waals surface area contributed by atoms with E-state index >= 15 is 0 Å². The van der Waals surface area contributed by atoms with Gasteiger partial charge in [0.05, 0.1) is 0 Å². The molecular formula is C8H9BrClNS. The Bertz CT molecular complexity index is 272. The van der Waals surface area contributed by atoms with Crippen LogP contribution in [0.25, 0.3) is 0 Å². The minimum Gasteiger partial charge on any atom is -0.307 e. The van der Waals surface area contributed by atoms with Crippen LogP contribution in [0.4, 0.5) is 0 Å². The maximum Gasteiger partial charge on any atom is 0.0327 e. The van der Waals surface area contributed by atoms with Gasteiger partial charge in [0.25, 0.3) is 0 Å². The summed E-state index contributed by atoms with van der Waals surface area (Å²) in [6.45, 7) is 5.09. The third-order valence-corrected chi connectivity index (χ3v) is 3.35. The van der Waals surface area contributed by atoms with Gasteiger partial charge in [0, 0.05) is 27.5 Å². The topological polar surface area (TPSA) is 12.0 Å². The van der Waals surface area contributed by atoms with Gasteiger partial charge in [0.2, 0.25) is 0 Å². The summed E-state index contributed by atoms with van der Waals surface area (Å²) >= 11 is 10.8. The second kappa shape index (κ2) is 5.02. The Morgan fingerprint density at radius 1 is 1.75 bits per heavy atom. The Balaban J connectivity index is 2.33. The summed E-state index contributed by atoms with van der Waals surface area (Å²) in [6.07, 6.45) is 0. The third-order valence-electron chi connectivity index (χ3n) is 1.29. The Labute approximate surface area is 89.6 Å². The summed E-state index contributed by atoms with van der Waals surface area (Å²) in [5, 5.41) is 5.87. The summed E-state index contributed by atoms with van der Waals surface area (Å²) in [4.78, 5) is 1.29. The van der Waals surface area contributed by atoms with Gasteiger partial charge in [-0.05, 0) is 27.4 Å². The van der Waals surface area contributed by atoms with E-state index in [9.17, 15) is 0 Å². The second-order valence-electron chi connectivity index (χ2n) is 2.31. The molecule has 1 aromatic heterocycles. The number of hydrogen-bond donors (Lipinski definition) is 1. The third kappa shape index (κ3) is 3.27. The highest BCUT2D eigenvalue weighted by atomic mass is 79.9. The first kappa shape index (κ1) is 10.3. The molecule has 66 valence electrons. The van der Waals surface area contributed by atoms with E-state index in [4.69, 9.17) is 11.6 Å². The fraction of sp³-hybridized carbons (Fsp3) is 0.250. The van der Waals surface area contributed by atoms with E-state index in [0.29, 0.717) is 11.6 Å². The zero-order valence-electron chi connectivity index (χ0n) is 6.44. The summed E-state index contributed by atoms with van der Waals surface area (Å²) in [7, 11) is 0. The van der Waals surface area contributed by atoms with Gasteiger partial charge in [-0.2, -0.15) is 0 Å². The molecule has 0 saturated carbocycles. The van der Waals surface area contributed by atoms with Crippen molar-refractivity contribution in [2.45, 2.75) is 6.54 Å². The highest BCUT2D eigenvalue weighted by Crippen LogP contribution is 2.22. The van der Waals surface area contributed by atoms with Crippen molar-refractivity contribution >= 4 is 38.9 Å². The minimum absolute atomic E-state index is 0.641. The number of rotatable bonds is 4. The van der Waals surface area contributed by atoms with Gasteiger partial charge in [0.15, 0.2) is 0 Å². The molecule has 0 aliphatic carbocycles. The van der Waals surface area contributed by atoms with Crippen LogP contribution in [0.5, 0.6) is 0 Å². The molecule has 12 heavy (non-hydrogen) atoms. The van der Waals surface area contributed by atoms with Crippen LogP contribution in [0.3, 0.4) is 0 Å². The van der Waals surface area contributed by atoms with Crippen molar-refractivity contribution in [2.24, 2.45) is 0 Å². The average molecular weight is 267 g/mol. The van der Waals surface area contributed by atoms with Crippen molar-refractivity contribution in [2.75, 3.05) is 6.54 Å². The molecule has 0 aliphatic heterocycles. The van der Waals surface area contributed by atoms with E-state index in [2.05, 4.69) is 33.2 Å². The Morgan fingerprint density at radius 2 is 2.50 bits per heavy atom. The largest absolute Gasteiger partial charge is 0.307 e. The van der Waals surface area contributed by atoms with Crippen LogP contribution in [-0.4, -0.2) is 6.54 Å². The van der Waals surface area contributed by atoms with Crippen LogP contribution in [0.15, 0.2) is 27.5 Å². The van der Waals surface area contributed by atoms with Crippen molar-refractivity contribution in [3.8, 4) is 0 Å². The van der Waals surface area contributed by atoms with E-state index in [1.165, 1.54) is 4.88 Å². The fourth-order valence-electron chi connectivity index (χ4n) is 0.763. The van der Waals surface area contributed by atoms with Crippen molar-refractivity contribution in [1.82, 2.24) is 5.32 Å². The van der Waals surface area contributed by atoms with Crippen molar-refractivity contribution < 1.29 is 0 Å². The van der Waals surface area contributed by atoms with Crippen LogP contribution >= 0.6 is 38.9 Å². The molecule has 0 aliphatic rings. The Kier molecular flexibility index (Phi) is 4.29. The molecule has 0 aromatic carbocycles. The summed E-state index contributed by atoms with van der Waals surface area (Å²) in [6, 6.07) is 2.04. The number of halogens is 2. The molecule has 4 heteroatoms. The van der Waals surface area contributed by atoms with E-state index in [1.807, 2.05) is 6.07 Å². The summed E-state index contributed by atoms with van der Waals surface area (Å²) < 4.78 is 1.15. The van der Waals surface area contributed by atoms with Gasteiger partial charge in [-0.15, -0.1) is 11.3 Å². The average Bonchev–Trinajstić information content (AvgIpc) is 2.36. The minimum atomic E-state index is 0.641. The molecule has 0 bridgehead atoms. The molecule has 0 fully saturated rings. The fourth-order valence-corrected chi connectivity index (χ4v) is 2.32. The Hall–Kier alpha value is 0.170. The van der Waals surface area contributed by atoms with Gasteiger partial charge < -0.3 is 5.32 Å². The highest BCUT2D eigenvalue weighted by Gasteiger charge is 1.99. The molecule has 1 heterocycles. The van der Waals surface area contributed by atoms with Crippen LogP contribution in [0, 0.1) is 0 Å². The predicted octanol–water partition coefficient (Wildman–Crippen LogP) is 3.35. The van der Waals surface area contributed by atoms with Crippen molar-refractivity contribution in [3.05, 3.63) is 32.4 Å². The molecular weight excluding hydrogens is 258 g/mol. The number of thiophene rings is 1. The quantitative estimate of drug-likeness (QED) is 0.881. The number of hydrogen-bond acceptors (Lipinski definition) is 2. The summed E-state index contributed by atoms with van der Waals surface area (Å²) in [5.41, 5.74) is 0. The van der Waals surface area contributed by atoms with Crippen LogP contribution in [0.2, 0.25) is 0 Å². The molecule has 0 saturated heterocycles. The van der Waals surface area contributed by atoms with Gasteiger partial charge in [-0.1, -0.05) is 18.2 Å². The molecule has 1 rings (SSSR count). The Morgan fingerprint density at radius 3 is 3.00 bits per heavy atom. The molecule has 0 radical (unpaired) electrons. The molecule has 0 atom stereocenters. The van der Waals surface area contributed by atoms with Crippen molar-refractivity contribution in [3.63, 3.8) is 0 Å². The smallest absolute Gasteiger partial charge is 0.0327 e. The molecule has 1 nitrogen and oxygen atoms in total. The molecule has 0 spiro atoms. The number of nitrogens with one attached hydrogen (secondary N) is 1. The van der Waals surface area contributed by atoms with Gasteiger partial charge in [-0.25, -0.2) is 0 Å². The van der Waals surface area contributed by atoms with E-state index in [0.717, 1.165) is 11.0 Å². The lowest BCUT2D eigenvalue weighted by molar-refractivity contribution is 0.763. The highest BCUT2D eigenvalue weighted by molar-refractivity contribution is 9.10. The standard InChI is InChI=1S/C8H9BrClNS/c1-6(10)4-11-5-8-7(9)2-3-12-8/h2-3,11H,1,4-5H2. The van der Waals surface area contributed by atoms with E-state index < -0.39 is 0 Å². The van der Waals surface area contributed by atoms with Gasteiger partial charge in [0.1, 0.15) is 0 Å². The lowest BCUT2D eigenvalue weighted by Gasteiger charge is -2.00. The first-order chi connectivity index (χ1) is 5.70. The molecule has 1 aromatic rings. The van der Waals surface area contributed by atoms with E-state index in [1.54, 1.807) is 11.3 Å². The zero-order valence-corrected chi connectivity index (χ0v) is 9.60. The second-order valence-corrected chi connectivity index (χ2v) is 4.70. The molecule has 1 N–H and O–H groups in total. The normalized spacial score (nSPS) is 10.2. The first-order valence-electron chi connectivity index (χ1n) is 3.46. The van der Waals surface area contributed by atoms with Crippen LogP contribution in [-0.2, 0) is 6.54 Å². The lowest BCUT2D eigenvalue weighted by atomic mass is 10.4. The van der Waals surface area contributed by atoms with E-state index in [-0.39, 0.29) is 0 Å². The van der Waals surface area contributed by atoms with Crippen molar-refractivity contribution in [1.29, 1.82) is 0 Å². The SMILES string of the molecule is C=C(Cl)CNCc1sccc1Br. The maximum atomic E-state index is 5.59. The zero-order chi connectivity index (χ0) is 8.97. The van der Waals surface area contributed by atoms with Crippen LogP contribution < -0.4 is 5.32 Å². The van der Waals surface area contributed by atoms with Gasteiger partial charge in [-0.3, -0.25) is 0 Å². The predicted molar refractivity (Wildman–Crippen MR) is 58.7 cm³/mol. The summed E-state index contributed by atoms with van der Waals surface area (Å²) in [5.74, 6) is 0. The van der Waals surface area contributed by atoms with Gasteiger partial charge >= 0.3 is 0 Å². The maximum absolute atomic E-state index is 5.59. The first-order valence-corrected chi connectivity index (χ1v) is 5.51. The lowest BCUT2D eigenvalue weighted by Crippen LogP contribution is -2.13. The molecule has 0 unspecified atom stereocenters. The van der Waals surface area contributed by atoms with Crippen LogP contribution in [0.1, 0.15) is 4.88 Å². The molecule has 0 amide bonds.